The molecule has 0 saturated carbocycles. The first-order valence-corrected chi connectivity index (χ1v) is 5.19. The molecule has 0 fully saturated rings. The molecule has 1 rings (SSSR count). The molecule has 1 aromatic heterocycles. The van der Waals surface area contributed by atoms with E-state index in [0.717, 1.165) is 0 Å². The molecule has 0 bridgehead atoms. The summed E-state index contributed by atoms with van der Waals surface area (Å²) in [5, 5.41) is 0. The molecule has 0 aliphatic heterocycles. The third-order valence-corrected chi connectivity index (χ3v) is 2.62. The molecule has 5 nitrogen and oxygen atoms in total. The van der Waals surface area contributed by atoms with Gasteiger partial charge in [-0.15, -0.1) is 0 Å². The van der Waals surface area contributed by atoms with Crippen LogP contribution in [-0.2, 0) is 0 Å². The summed E-state index contributed by atoms with van der Waals surface area (Å²) in [5.41, 5.74) is -0.289. The van der Waals surface area contributed by atoms with Gasteiger partial charge in [0.2, 0.25) is 5.88 Å². The van der Waals surface area contributed by atoms with E-state index in [1.54, 1.807) is 6.92 Å². The van der Waals surface area contributed by atoms with Gasteiger partial charge < -0.3 is 14.6 Å². The van der Waals surface area contributed by atoms with Crippen molar-refractivity contribution in [3.63, 3.8) is 0 Å². The fourth-order valence-electron chi connectivity index (χ4n) is 1.01. The first-order valence-electron chi connectivity index (χ1n) is 5.19. The lowest BCUT2D eigenvalue weighted by molar-refractivity contribution is 0.111. The molecule has 0 amide bonds. The van der Waals surface area contributed by atoms with Crippen LogP contribution in [0.2, 0.25) is 0 Å². The number of aryl methyl sites for hydroxylation is 1. The zero-order valence-corrected chi connectivity index (χ0v) is 10.5. The van der Waals surface area contributed by atoms with Gasteiger partial charge in [-0.2, -0.15) is 0 Å². The summed E-state index contributed by atoms with van der Waals surface area (Å²) >= 11 is 0. The maximum atomic E-state index is 11.2. The predicted octanol–water partition coefficient (Wildman–Crippen LogP) is 0.797. The zero-order valence-electron chi connectivity index (χ0n) is 10.5. The van der Waals surface area contributed by atoms with Gasteiger partial charge in [0, 0.05) is 5.54 Å². The smallest absolute Gasteiger partial charge is 0.254 e. The minimum Gasteiger partial charge on any atom is -0.476 e. The second-order valence-corrected chi connectivity index (χ2v) is 4.66. The molecule has 1 heterocycles. The summed E-state index contributed by atoms with van der Waals surface area (Å²) in [4.78, 5) is 19.9. The highest BCUT2D eigenvalue weighted by atomic mass is 16.5. The number of ether oxygens (including phenoxy) is 1. The fourth-order valence-corrected chi connectivity index (χ4v) is 1.01. The summed E-state index contributed by atoms with van der Waals surface area (Å²) in [7, 11) is 3.97. The molecule has 0 aliphatic rings. The Hall–Kier alpha value is -1.36. The van der Waals surface area contributed by atoms with Crippen LogP contribution >= 0.6 is 0 Å². The second-order valence-electron chi connectivity index (χ2n) is 4.66. The van der Waals surface area contributed by atoms with Crippen molar-refractivity contribution in [1.82, 2.24) is 14.9 Å². The van der Waals surface area contributed by atoms with Crippen molar-refractivity contribution in [1.29, 1.82) is 0 Å². The van der Waals surface area contributed by atoms with Crippen LogP contribution < -0.4 is 10.3 Å². The molecule has 0 radical (unpaired) electrons. The van der Waals surface area contributed by atoms with E-state index < -0.39 is 0 Å². The topological polar surface area (TPSA) is 58.2 Å². The Labute approximate surface area is 95.5 Å². The van der Waals surface area contributed by atoms with Crippen LogP contribution in [0.25, 0.3) is 0 Å². The van der Waals surface area contributed by atoms with Gasteiger partial charge in [-0.05, 0) is 34.9 Å². The quantitative estimate of drug-likeness (QED) is 0.823. The Morgan fingerprint density at radius 1 is 1.50 bits per heavy atom. The number of hydrogen-bond donors (Lipinski definition) is 1. The molecule has 0 saturated heterocycles. The molecule has 0 spiro atoms. The number of rotatable bonds is 4. The third kappa shape index (κ3) is 3.34. The second kappa shape index (κ2) is 4.65. The number of aromatic nitrogens is 2. The van der Waals surface area contributed by atoms with Crippen LogP contribution in [0.3, 0.4) is 0 Å². The molecule has 5 heteroatoms. The van der Waals surface area contributed by atoms with Crippen molar-refractivity contribution in [2.45, 2.75) is 26.3 Å². The minimum absolute atomic E-state index is 0.0990. The van der Waals surface area contributed by atoms with Crippen LogP contribution in [0.1, 0.15) is 19.7 Å². The molecule has 0 aliphatic carbocycles. The van der Waals surface area contributed by atoms with Crippen molar-refractivity contribution < 1.29 is 4.74 Å². The van der Waals surface area contributed by atoms with Gasteiger partial charge in [0.05, 0.1) is 6.07 Å². The first kappa shape index (κ1) is 12.7. The van der Waals surface area contributed by atoms with Gasteiger partial charge in [0.25, 0.3) is 5.56 Å². The van der Waals surface area contributed by atoms with E-state index in [1.165, 1.54) is 6.07 Å². The van der Waals surface area contributed by atoms with Gasteiger partial charge in [-0.25, -0.2) is 4.98 Å². The number of H-pyrrole nitrogens is 1. The summed E-state index contributed by atoms with van der Waals surface area (Å²) in [5.74, 6) is 0.932. The van der Waals surface area contributed by atoms with E-state index in [0.29, 0.717) is 18.3 Å². The van der Waals surface area contributed by atoms with Crippen molar-refractivity contribution >= 4 is 0 Å². The van der Waals surface area contributed by atoms with Gasteiger partial charge >= 0.3 is 0 Å². The first-order chi connectivity index (χ1) is 7.31. The Kier molecular flexibility index (Phi) is 3.70. The molecule has 0 aromatic carbocycles. The monoisotopic (exact) mass is 225 g/mol. The number of nitrogens with one attached hydrogen (secondary N) is 1. The molecule has 1 aromatic rings. The summed E-state index contributed by atoms with van der Waals surface area (Å²) in [6.45, 7) is 6.33. The van der Waals surface area contributed by atoms with Crippen LogP contribution in [0.5, 0.6) is 5.88 Å². The van der Waals surface area contributed by atoms with Crippen LogP contribution in [0, 0.1) is 6.92 Å². The van der Waals surface area contributed by atoms with Crippen LogP contribution in [0.4, 0.5) is 0 Å². The predicted molar refractivity (Wildman–Crippen MR) is 62.9 cm³/mol. The highest BCUT2D eigenvalue weighted by Crippen LogP contribution is 2.12. The standard InChI is InChI=1S/C11H19N3O2/c1-8-12-9(15)6-10(13-8)16-7-11(2,3)14(4)5/h6H,7H2,1-5H3,(H,12,13,15). The van der Waals surface area contributed by atoms with Crippen LogP contribution in [-0.4, -0.2) is 41.1 Å². The lowest BCUT2D eigenvalue weighted by atomic mass is 10.1. The lowest BCUT2D eigenvalue weighted by Crippen LogP contribution is -2.43. The Morgan fingerprint density at radius 3 is 2.62 bits per heavy atom. The lowest BCUT2D eigenvalue weighted by Gasteiger charge is -2.31. The van der Waals surface area contributed by atoms with E-state index in [-0.39, 0.29) is 11.1 Å². The molecular formula is C11H19N3O2. The fraction of sp³-hybridized carbons (Fsp3) is 0.636. The van der Waals surface area contributed by atoms with Gasteiger partial charge in [0.1, 0.15) is 12.4 Å². The maximum absolute atomic E-state index is 11.2. The number of likely N-dealkylation sites (N-methyl/N-ethyl adjacent to an activating group) is 1. The van der Waals surface area contributed by atoms with E-state index >= 15 is 0 Å². The highest BCUT2D eigenvalue weighted by molar-refractivity contribution is 5.08. The average molecular weight is 225 g/mol. The van der Waals surface area contributed by atoms with E-state index in [9.17, 15) is 4.79 Å². The molecule has 1 N–H and O–H groups in total. The largest absolute Gasteiger partial charge is 0.476 e. The van der Waals surface area contributed by atoms with E-state index in [2.05, 4.69) is 28.7 Å². The number of aromatic amines is 1. The number of nitrogens with zero attached hydrogens (tertiary/aromatic N) is 2. The number of hydrogen-bond acceptors (Lipinski definition) is 4. The molecule has 90 valence electrons. The van der Waals surface area contributed by atoms with Crippen molar-refractivity contribution in [3.8, 4) is 5.88 Å². The molecular weight excluding hydrogens is 206 g/mol. The van der Waals surface area contributed by atoms with E-state index in [4.69, 9.17) is 4.74 Å². The summed E-state index contributed by atoms with van der Waals surface area (Å²) < 4.78 is 5.52. The highest BCUT2D eigenvalue weighted by Gasteiger charge is 2.21. The normalized spacial score (nSPS) is 11.9. The Balaban J connectivity index is 2.72. The summed E-state index contributed by atoms with van der Waals surface area (Å²) in [6, 6.07) is 1.36. The zero-order chi connectivity index (χ0) is 12.3. The Morgan fingerprint density at radius 2 is 2.12 bits per heavy atom. The summed E-state index contributed by atoms with van der Waals surface area (Å²) in [6.07, 6.45) is 0. The van der Waals surface area contributed by atoms with Gasteiger partial charge in [-0.3, -0.25) is 4.79 Å². The van der Waals surface area contributed by atoms with Gasteiger partial charge in [0.15, 0.2) is 0 Å². The van der Waals surface area contributed by atoms with E-state index in [1.807, 2.05) is 14.1 Å². The van der Waals surface area contributed by atoms with Crippen LogP contribution in [0.15, 0.2) is 10.9 Å². The molecule has 0 atom stereocenters. The maximum Gasteiger partial charge on any atom is 0.254 e. The minimum atomic E-state index is -0.190. The Bertz CT molecular complexity index is 410. The average Bonchev–Trinajstić information content (AvgIpc) is 2.13. The van der Waals surface area contributed by atoms with Crippen molar-refractivity contribution in [2.75, 3.05) is 20.7 Å². The molecule has 0 unspecified atom stereocenters. The van der Waals surface area contributed by atoms with Gasteiger partial charge in [-0.1, -0.05) is 0 Å². The van der Waals surface area contributed by atoms with Crippen molar-refractivity contribution in [3.05, 3.63) is 22.2 Å². The SMILES string of the molecule is Cc1nc(OCC(C)(C)N(C)C)cc(=O)[nH]1. The third-order valence-electron chi connectivity index (χ3n) is 2.62. The molecule has 16 heavy (non-hydrogen) atoms. The van der Waals surface area contributed by atoms with Crippen molar-refractivity contribution in [2.24, 2.45) is 0 Å².